The lowest BCUT2D eigenvalue weighted by molar-refractivity contribution is -0.114. The molecule has 2 nitrogen and oxygen atoms in total. The van der Waals surface area contributed by atoms with Gasteiger partial charge in [-0.1, -0.05) is 29.3 Å². The Kier molecular flexibility index (Phi) is 3.17. The number of carbonyl (C=O) groups is 1. The first-order valence-corrected chi connectivity index (χ1v) is 4.50. The number of anilines is 1. The van der Waals surface area contributed by atoms with Crippen LogP contribution in [-0.4, -0.2) is 5.91 Å². The number of halogens is 2. The lowest BCUT2D eigenvalue weighted by Crippen LogP contribution is -2.07. The van der Waals surface area contributed by atoms with E-state index in [9.17, 15) is 4.79 Å². The average Bonchev–Trinajstić information content (AvgIpc) is 2.05. The first-order valence-electron chi connectivity index (χ1n) is 3.74. The SMILES string of the molecule is CC(=O)Nc1c(Cl)ccc(C)c1Cl. The van der Waals surface area contributed by atoms with Gasteiger partial charge in [-0.05, 0) is 18.6 Å². The van der Waals surface area contributed by atoms with Crippen LogP contribution >= 0.6 is 23.2 Å². The molecule has 0 aromatic heterocycles. The van der Waals surface area contributed by atoms with Crippen molar-refractivity contribution in [2.45, 2.75) is 13.8 Å². The van der Waals surface area contributed by atoms with Crippen LogP contribution in [0.1, 0.15) is 12.5 Å². The number of benzene rings is 1. The van der Waals surface area contributed by atoms with Crippen LogP contribution in [0.2, 0.25) is 10.0 Å². The third kappa shape index (κ3) is 2.36. The van der Waals surface area contributed by atoms with Crippen LogP contribution in [0, 0.1) is 6.92 Å². The fourth-order valence-corrected chi connectivity index (χ4v) is 1.41. The number of hydrogen-bond donors (Lipinski definition) is 1. The fourth-order valence-electron chi connectivity index (χ4n) is 0.947. The Morgan fingerprint density at radius 1 is 1.38 bits per heavy atom. The molecule has 0 aliphatic heterocycles. The van der Waals surface area contributed by atoms with Crippen LogP contribution in [-0.2, 0) is 4.79 Å². The highest BCUT2D eigenvalue weighted by Crippen LogP contribution is 2.32. The minimum Gasteiger partial charge on any atom is -0.324 e. The number of nitrogens with one attached hydrogen (secondary N) is 1. The molecule has 0 aliphatic carbocycles. The molecule has 0 bridgehead atoms. The molecule has 0 spiro atoms. The summed E-state index contributed by atoms with van der Waals surface area (Å²) in [7, 11) is 0. The molecule has 70 valence electrons. The molecule has 0 aliphatic rings. The van der Waals surface area contributed by atoms with Gasteiger partial charge in [0.05, 0.1) is 15.7 Å². The van der Waals surface area contributed by atoms with Crippen molar-refractivity contribution in [1.82, 2.24) is 0 Å². The molecule has 4 heteroatoms. The Hall–Kier alpha value is -0.730. The fraction of sp³-hybridized carbons (Fsp3) is 0.222. The van der Waals surface area contributed by atoms with Crippen molar-refractivity contribution in [2.24, 2.45) is 0 Å². The summed E-state index contributed by atoms with van der Waals surface area (Å²) in [4.78, 5) is 10.8. The Balaban J connectivity index is 3.17. The molecule has 13 heavy (non-hydrogen) atoms. The smallest absolute Gasteiger partial charge is 0.221 e. The van der Waals surface area contributed by atoms with Gasteiger partial charge in [-0.2, -0.15) is 0 Å². The third-order valence-electron chi connectivity index (χ3n) is 1.59. The summed E-state index contributed by atoms with van der Waals surface area (Å²) in [5, 5.41) is 3.52. The molecular formula is C9H9Cl2NO. The molecular weight excluding hydrogens is 209 g/mol. The van der Waals surface area contributed by atoms with E-state index in [1.54, 1.807) is 12.1 Å². The first-order chi connectivity index (χ1) is 6.02. The van der Waals surface area contributed by atoms with Gasteiger partial charge in [0, 0.05) is 6.92 Å². The van der Waals surface area contributed by atoms with E-state index in [1.807, 2.05) is 6.92 Å². The monoisotopic (exact) mass is 217 g/mol. The zero-order valence-corrected chi connectivity index (χ0v) is 8.83. The van der Waals surface area contributed by atoms with E-state index >= 15 is 0 Å². The number of amides is 1. The normalized spacial score (nSPS) is 9.85. The summed E-state index contributed by atoms with van der Waals surface area (Å²) >= 11 is 11.8. The minimum atomic E-state index is -0.186. The van der Waals surface area contributed by atoms with Gasteiger partial charge in [-0.25, -0.2) is 0 Å². The number of hydrogen-bond acceptors (Lipinski definition) is 1. The first kappa shape index (κ1) is 10.4. The molecule has 1 rings (SSSR count). The van der Waals surface area contributed by atoms with Gasteiger partial charge in [-0.15, -0.1) is 0 Å². The van der Waals surface area contributed by atoms with Gasteiger partial charge >= 0.3 is 0 Å². The van der Waals surface area contributed by atoms with Gasteiger partial charge in [0.2, 0.25) is 5.91 Å². The van der Waals surface area contributed by atoms with Crippen molar-refractivity contribution in [2.75, 3.05) is 5.32 Å². The summed E-state index contributed by atoms with van der Waals surface area (Å²) in [5.41, 5.74) is 1.37. The summed E-state index contributed by atoms with van der Waals surface area (Å²) in [5.74, 6) is -0.186. The molecule has 1 N–H and O–H groups in total. The second-order valence-corrected chi connectivity index (χ2v) is 3.52. The average molecular weight is 218 g/mol. The second kappa shape index (κ2) is 3.99. The maximum Gasteiger partial charge on any atom is 0.221 e. The van der Waals surface area contributed by atoms with Gasteiger partial charge < -0.3 is 5.32 Å². The molecule has 0 atom stereocenters. The summed E-state index contributed by atoms with van der Waals surface area (Å²) in [6, 6.07) is 3.50. The van der Waals surface area contributed by atoms with Crippen molar-refractivity contribution in [3.8, 4) is 0 Å². The maximum atomic E-state index is 10.8. The van der Waals surface area contributed by atoms with Crippen LogP contribution in [0.3, 0.4) is 0 Å². The molecule has 0 fully saturated rings. The predicted octanol–water partition coefficient (Wildman–Crippen LogP) is 3.26. The van der Waals surface area contributed by atoms with E-state index in [2.05, 4.69) is 5.32 Å². The third-order valence-corrected chi connectivity index (χ3v) is 2.39. The molecule has 1 aromatic rings. The lowest BCUT2D eigenvalue weighted by atomic mass is 10.2. The summed E-state index contributed by atoms with van der Waals surface area (Å²) in [6.45, 7) is 3.26. The van der Waals surface area contributed by atoms with Crippen LogP contribution in [0.15, 0.2) is 12.1 Å². The maximum absolute atomic E-state index is 10.8. The van der Waals surface area contributed by atoms with Crippen molar-refractivity contribution >= 4 is 34.8 Å². The van der Waals surface area contributed by atoms with E-state index in [1.165, 1.54) is 6.92 Å². The van der Waals surface area contributed by atoms with Gasteiger partial charge in [0.1, 0.15) is 0 Å². The Labute approximate surface area is 86.8 Å². The van der Waals surface area contributed by atoms with E-state index in [4.69, 9.17) is 23.2 Å². The number of carbonyl (C=O) groups excluding carboxylic acids is 1. The quantitative estimate of drug-likeness (QED) is 0.769. The Morgan fingerprint density at radius 3 is 2.54 bits per heavy atom. The Morgan fingerprint density at radius 2 is 2.00 bits per heavy atom. The number of aryl methyl sites for hydroxylation is 1. The highest BCUT2D eigenvalue weighted by atomic mass is 35.5. The van der Waals surface area contributed by atoms with Crippen LogP contribution < -0.4 is 5.32 Å². The van der Waals surface area contributed by atoms with Crippen LogP contribution in [0.4, 0.5) is 5.69 Å². The minimum absolute atomic E-state index is 0.186. The van der Waals surface area contributed by atoms with Crippen LogP contribution in [0.25, 0.3) is 0 Å². The standard InChI is InChI=1S/C9H9Cl2NO/c1-5-3-4-7(10)9(8(5)11)12-6(2)13/h3-4H,1-2H3,(H,12,13). The second-order valence-electron chi connectivity index (χ2n) is 2.73. The molecule has 0 saturated carbocycles. The Bertz CT molecular complexity index is 350. The zero-order chi connectivity index (χ0) is 10.0. The number of rotatable bonds is 1. The molecule has 0 saturated heterocycles. The topological polar surface area (TPSA) is 29.1 Å². The lowest BCUT2D eigenvalue weighted by Gasteiger charge is -2.08. The van der Waals surface area contributed by atoms with Gasteiger partial charge in [0.25, 0.3) is 0 Å². The van der Waals surface area contributed by atoms with E-state index in [-0.39, 0.29) is 5.91 Å². The summed E-state index contributed by atoms with van der Waals surface area (Å²) in [6.07, 6.45) is 0. The van der Waals surface area contributed by atoms with Gasteiger partial charge in [0.15, 0.2) is 0 Å². The largest absolute Gasteiger partial charge is 0.324 e. The highest BCUT2D eigenvalue weighted by Gasteiger charge is 2.08. The molecule has 0 radical (unpaired) electrons. The summed E-state index contributed by atoms with van der Waals surface area (Å²) < 4.78 is 0. The highest BCUT2D eigenvalue weighted by molar-refractivity contribution is 6.40. The van der Waals surface area contributed by atoms with Crippen molar-refractivity contribution in [3.05, 3.63) is 27.7 Å². The van der Waals surface area contributed by atoms with Crippen molar-refractivity contribution < 1.29 is 4.79 Å². The van der Waals surface area contributed by atoms with Crippen molar-refractivity contribution in [3.63, 3.8) is 0 Å². The van der Waals surface area contributed by atoms with Crippen LogP contribution in [0.5, 0.6) is 0 Å². The molecule has 1 aromatic carbocycles. The van der Waals surface area contributed by atoms with E-state index < -0.39 is 0 Å². The van der Waals surface area contributed by atoms with Crippen molar-refractivity contribution in [1.29, 1.82) is 0 Å². The van der Waals surface area contributed by atoms with E-state index in [0.29, 0.717) is 15.7 Å². The predicted molar refractivity (Wildman–Crippen MR) is 55.5 cm³/mol. The molecule has 0 unspecified atom stereocenters. The molecule has 1 amide bonds. The van der Waals surface area contributed by atoms with Gasteiger partial charge in [-0.3, -0.25) is 4.79 Å². The molecule has 0 heterocycles. The van der Waals surface area contributed by atoms with E-state index in [0.717, 1.165) is 5.56 Å². The zero-order valence-electron chi connectivity index (χ0n) is 7.32.